The van der Waals surface area contributed by atoms with Crippen molar-refractivity contribution in [1.82, 2.24) is 9.80 Å². The van der Waals surface area contributed by atoms with Crippen LogP contribution in [0.25, 0.3) is 0 Å². The van der Waals surface area contributed by atoms with Crippen LogP contribution in [0.4, 0.5) is 8.78 Å². The SMILES string of the molecule is C=CCN1CCC2(CC1)CN(C(=O)c1cccc(F)c1F)Cc1ccccc12. The van der Waals surface area contributed by atoms with Gasteiger partial charge in [0.2, 0.25) is 0 Å². The van der Waals surface area contributed by atoms with Crippen molar-refractivity contribution in [1.29, 1.82) is 0 Å². The van der Waals surface area contributed by atoms with Gasteiger partial charge >= 0.3 is 0 Å². The summed E-state index contributed by atoms with van der Waals surface area (Å²) in [5, 5.41) is 0. The molecule has 0 saturated carbocycles. The second-order valence-corrected chi connectivity index (χ2v) is 7.79. The summed E-state index contributed by atoms with van der Waals surface area (Å²) in [5.41, 5.74) is 2.04. The average Bonchev–Trinajstić information content (AvgIpc) is 2.71. The van der Waals surface area contributed by atoms with Crippen LogP contribution in [-0.2, 0) is 12.0 Å². The van der Waals surface area contributed by atoms with Gasteiger partial charge in [0.25, 0.3) is 5.91 Å². The number of hydrogen-bond acceptors (Lipinski definition) is 2. The van der Waals surface area contributed by atoms with Crippen molar-refractivity contribution in [3.05, 3.63) is 83.4 Å². The lowest BCUT2D eigenvalue weighted by molar-refractivity contribution is 0.0583. The van der Waals surface area contributed by atoms with Crippen LogP contribution in [0.3, 0.4) is 0 Å². The van der Waals surface area contributed by atoms with Crippen molar-refractivity contribution >= 4 is 5.91 Å². The van der Waals surface area contributed by atoms with Crippen molar-refractivity contribution in [2.24, 2.45) is 0 Å². The predicted molar refractivity (Wildman–Crippen MR) is 105 cm³/mol. The quantitative estimate of drug-likeness (QED) is 0.745. The lowest BCUT2D eigenvalue weighted by Crippen LogP contribution is -2.53. The van der Waals surface area contributed by atoms with Gasteiger partial charge in [-0.15, -0.1) is 6.58 Å². The largest absolute Gasteiger partial charge is 0.333 e. The van der Waals surface area contributed by atoms with Gasteiger partial charge in [0.1, 0.15) is 0 Å². The Kier molecular flexibility index (Phi) is 5.02. The average molecular weight is 382 g/mol. The van der Waals surface area contributed by atoms with E-state index in [0.717, 1.165) is 44.1 Å². The molecule has 0 bridgehead atoms. The summed E-state index contributed by atoms with van der Waals surface area (Å²) in [7, 11) is 0. The molecule has 1 spiro atoms. The molecule has 0 atom stereocenters. The highest BCUT2D eigenvalue weighted by molar-refractivity contribution is 5.94. The first kappa shape index (κ1) is 18.8. The highest BCUT2D eigenvalue weighted by Gasteiger charge is 2.43. The summed E-state index contributed by atoms with van der Waals surface area (Å²) in [4.78, 5) is 17.1. The molecular formula is C23H24F2N2O. The van der Waals surface area contributed by atoms with Gasteiger partial charge in [-0.25, -0.2) is 8.78 Å². The highest BCUT2D eigenvalue weighted by atomic mass is 19.2. The molecular weight excluding hydrogens is 358 g/mol. The zero-order chi connectivity index (χ0) is 19.7. The molecule has 0 radical (unpaired) electrons. The summed E-state index contributed by atoms with van der Waals surface area (Å²) in [6.45, 7) is 7.48. The van der Waals surface area contributed by atoms with Gasteiger partial charge in [-0.2, -0.15) is 0 Å². The Hall–Kier alpha value is -2.53. The molecule has 3 nitrogen and oxygen atoms in total. The lowest BCUT2D eigenvalue weighted by Gasteiger charge is -2.48. The van der Waals surface area contributed by atoms with Crippen LogP contribution in [0.5, 0.6) is 0 Å². The van der Waals surface area contributed by atoms with Crippen LogP contribution in [-0.4, -0.2) is 41.9 Å². The maximum atomic E-state index is 14.2. The number of benzene rings is 2. The predicted octanol–water partition coefficient (Wildman–Crippen LogP) is 4.14. The van der Waals surface area contributed by atoms with E-state index >= 15 is 0 Å². The van der Waals surface area contributed by atoms with Crippen LogP contribution in [0.1, 0.15) is 34.3 Å². The number of nitrogens with zero attached hydrogens (tertiary/aromatic N) is 2. The minimum atomic E-state index is -1.07. The van der Waals surface area contributed by atoms with E-state index in [2.05, 4.69) is 17.5 Å². The zero-order valence-electron chi connectivity index (χ0n) is 15.8. The van der Waals surface area contributed by atoms with E-state index in [1.165, 1.54) is 17.7 Å². The first-order valence-corrected chi connectivity index (χ1v) is 9.69. The van der Waals surface area contributed by atoms with Gasteiger partial charge in [-0.3, -0.25) is 9.69 Å². The van der Waals surface area contributed by atoms with Crippen LogP contribution in [0, 0.1) is 11.6 Å². The van der Waals surface area contributed by atoms with Crippen LogP contribution >= 0.6 is 0 Å². The fourth-order valence-electron chi connectivity index (χ4n) is 4.64. The molecule has 0 aromatic heterocycles. The first-order chi connectivity index (χ1) is 13.5. The van der Waals surface area contributed by atoms with Crippen LogP contribution < -0.4 is 0 Å². The van der Waals surface area contributed by atoms with E-state index < -0.39 is 17.5 Å². The molecule has 146 valence electrons. The Balaban J connectivity index is 1.66. The van der Waals surface area contributed by atoms with Gasteiger partial charge in [0.15, 0.2) is 11.6 Å². The van der Waals surface area contributed by atoms with Crippen LogP contribution in [0.15, 0.2) is 55.1 Å². The van der Waals surface area contributed by atoms with Gasteiger partial charge < -0.3 is 4.90 Å². The molecule has 0 N–H and O–H groups in total. The lowest BCUT2D eigenvalue weighted by atomic mass is 9.68. The van der Waals surface area contributed by atoms with Crippen molar-refractivity contribution in [3.8, 4) is 0 Å². The van der Waals surface area contributed by atoms with Crippen molar-refractivity contribution in [2.75, 3.05) is 26.2 Å². The van der Waals surface area contributed by atoms with Gasteiger partial charge in [0, 0.05) is 25.0 Å². The van der Waals surface area contributed by atoms with E-state index in [1.54, 1.807) is 4.90 Å². The second kappa shape index (κ2) is 7.47. The standard InChI is InChI=1S/C23H24F2N2O/c1-2-12-26-13-10-23(11-14-26)16-27(15-17-6-3-4-8-19(17)23)22(28)18-7-5-9-20(24)21(18)25/h2-9H,1,10-16H2. The molecule has 2 aromatic carbocycles. The summed E-state index contributed by atoms with van der Waals surface area (Å²) in [6.07, 6.45) is 3.76. The number of likely N-dealkylation sites (tertiary alicyclic amines) is 1. The molecule has 1 fully saturated rings. The summed E-state index contributed by atoms with van der Waals surface area (Å²) < 4.78 is 27.9. The monoisotopic (exact) mass is 382 g/mol. The number of rotatable bonds is 3. The van der Waals surface area contributed by atoms with E-state index in [0.29, 0.717) is 13.1 Å². The molecule has 5 heteroatoms. The third-order valence-electron chi connectivity index (χ3n) is 6.11. The number of carbonyl (C=O) groups excluding carboxylic acids is 1. The number of fused-ring (bicyclic) bond motifs is 2. The summed E-state index contributed by atoms with van der Waals surface area (Å²) >= 11 is 0. The molecule has 0 aliphatic carbocycles. The Labute approximate surface area is 164 Å². The van der Waals surface area contributed by atoms with Gasteiger partial charge in [-0.1, -0.05) is 36.4 Å². The smallest absolute Gasteiger partial charge is 0.257 e. The third kappa shape index (κ3) is 3.24. The van der Waals surface area contributed by atoms with E-state index in [9.17, 15) is 13.6 Å². The van der Waals surface area contributed by atoms with E-state index in [1.807, 2.05) is 24.3 Å². The second-order valence-electron chi connectivity index (χ2n) is 7.79. The Bertz CT molecular complexity index is 903. The van der Waals surface area contributed by atoms with E-state index in [-0.39, 0.29) is 11.0 Å². The highest BCUT2D eigenvalue weighted by Crippen LogP contribution is 2.42. The minimum Gasteiger partial charge on any atom is -0.333 e. The number of piperidine rings is 1. The molecule has 4 rings (SSSR count). The number of hydrogen-bond donors (Lipinski definition) is 0. The summed E-state index contributed by atoms with van der Waals surface area (Å²) in [5.74, 6) is -2.50. The molecule has 0 unspecified atom stereocenters. The fraction of sp³-hybridized carbons (Fsp3) is 0.348. The maximum absolute atomic E-state index is 14.2. The summed E-state index contributed by atoms with van der Waals surface area (Å²) in [6, 6.07) is 12.0. The van der Waals surface area contributed by atoms with Gasteiger partial charge in [0.05, 0.1) is 5.56 Å². The number of amides is 1. The zero-order valence-corrected chi connectivity index (χ0v) is 15.8. The van der Waals surface area contributed by atoms with Crippen molar-refractivity contribution in [3.63, 3.8) is 0 Å². The Morgan fingerprint density at radius 1 is 1.11 bits per heavy atom. The normalized spacial score (nSPS) is 18.7. The minimum absolute atomic E-state index is 0.147. The molecule has 2 aliphatic rings. The molecule has 1 saturated heterocycles. The third-order valence-corrected chi connectivity index (χ3v) is 6.11. The van der Waals surface area contributed by atoms with E-state index in [4.69, 9.17) is 0 Å². The first-order valence-electron chi connectivity index (χ1n) is 9.69. The molecule has 2 aromatic rings. The Morgan fingerprint density at radius 2 is 1.86 bits per heavy atom. The molecule has 2 aliphatic heterocycles. The van der Waals surface area contributed by atoms with Crippen molar-refractivity contribution in [2.45, 2.75) is 24.8 Å². The Morgan fingerprint density at radius 3 is 2.61 bits per heavy atom. The molecule has 2 heterocycles. The number of carbonyl (C=O) groups is 1. The maximum Gasteiger partial charge on any atom is 0.257 e. The molecule has 28 heavy (non-hydrogen) atoms. The van der Waals surface area contributed by atoms with Gasteiger partial charge in [-0.05, 0) is 49.2 Å². The number of halogens is 2. The molecule has 1 amide bonds. The van der Waals surface area contributed by atoms with Crippen molar-refractivity contribution < 1.29 is 13.6 Å². The fourth-order valence-corrected chi connectivity index (χ4v) is 4.64. The van der Waals surface area contributed by atoms with Crippen LogP contribution in [0.2, 0.25) is 0 Å². The topological polar surface area (TPSA) is 23.6 Å².